The molecule has 2 heterocycles. The van der Waals surface area contributed by atoms with Gasteiger partial charge in [0, 0.05) is 27.9 Å². The minimum absolute atomic E-state index is 0.346. The number of amides is 1. The van der Waals surface area contributed by atoms with Crippen LogP contribution >= 0.6 is 0 Å². The SMILES string of the molecule is NNC(=O)c1cnc2c(ccc3c4ccccc4[nH]c32)c1. The van der Waals surface area contributed by atoms with E-state index in [9.17, 15) is 4.79 Å². The summed E-state index contributed by atoms with van der Waals surface area (Å²) >= 11 is 0. The first-order valence-corrected chi connectivity index (χ1v) is 6.58. The summed E-state index contributed by atoms with van der Waals surface area (Å²) in [6, 6.07) is 13.9. The lowest BCUT2D eigenvalue weighted by Gasteiger charge is -2.03. The van der Waals surface area contributed by atoms with Crippen molar-refractivity contribution < 1.29 is 4.79 Å². The van der Waals surface area contributed by atoms with Gasteiger partial charge in [0.1, 0.15) is 0 Å². The van der Waals surface area contributed by atoms with Crippen LogP contribution in [0.4, 0.5) is 0 Å². The molecule has 2 aromatic carbocycles. The van der Waals surface area contributed by atoms with Crippen LogP contribution in [-0.4, -0.2) is 15.9 Å². The van der Waals surface area contributed by atoms with E-state index in [1.807, 2.05) is 30.3 Å². The first-order chi connectivity index (χ1) is 10.3. The van der Waals surface area contributed by atoms with Gasteiger partial charge in [0.05, 0.1) is 16.6 Å². The van der Waals surface area contributed by atoms with Crippen LogP contribution in [-0.2, 0) is 0 Å². The zero-order valence-corrected chi connectivity index (χ0v) is 11.1. The second kappa shape index (κ2) is 4.29. The molecule has 0 aliphatic carbocycles. The summed E-state index contributed by atoms with van der Waals surface area (Å²) in [5.74, 6) is 4.81. The second-order valence-electron chi connectivity index (χ2n) is 4.93. The Labute approximate surface area is 119 Å². The number of pyridine rings is 1. The van der Waals surface area contributed by atoms with E-state index in [-0.39, 0.29) is 5.91 Å². The van der Waals surface area contributed by atoms with Crippen molar-refractivity contribution in [3.05, 3.63) is 54.2 Å². The highest BCUT2D eigenvalue weighted by molar-refractivity contribution is 6.16. The van der Waals surface area contributed by atoms with Crippen molar-refractivity contribution in [3.8, 4) is 0 Å². The van der Waals surface area contributed by atoms with Crippen molar-refractivity contribution in [2.75, 3.05) is 0 Å². The van der Waals surface area contributed by atoms with Gasteiger partial charge in [-0.2, -0.15) is 0 Å². The average molecular weight is 276 g/mol. The maximum Gasteiger partial charge on any atom is 0.266 e. The molecule has 0 unspecified atom stereocenters. The molecule has 0 saturated carbocycles. The molecule has 102 valence electrons. The lowest BCUT2D eigenvalue weighted by Crippen LogP contribution is -2.30. The van der Waals surface area contributed by atoms with Crippen molar-refractivity contribution >= 4 is 38.6 Å². The number of aromatic nitrogens is 2. The molecule has 21 heavy (non-hydrogen) atoms. The molecule has 0 spiro atoms. The summed E-state index contributed by atoms with van der Waals surface area (Å²) < 4.78 is 0. The molecule has 0 saturated heterocycles. The van der Waals surface area contributed by atoms with E-state index in [1.165, 1.54) is 11.6 Å². The number of hydrogen-bond donors (Lipinski definition) is 3. The molecule has 4 N–H and O–H groups in total. The van der Waals surface area contributed by atoms with Gasteiger partial charge >= 0.3 is 0 Å². The zero-order chi connectivity index (χ0) is 14.4. The number of nitrogens with two attached hydrogens (primary N) is 1. The third-order valence-electron chi connectivity index (χ3n) is 3.72. The van der Waals surface area contributed by atoms with Crippen molar-refractivity contribution in [1.29, 1.82) is 0 Å². The highest BCUT2D eigenvalue weighted by Gasteiger charge is 2.10. The Balaban J connectivity index is 2.07. The minimum atomic E-state index is -0.346. The number of rotatable bonds is 1. The Bertz CT molecular complexity index is 1000. The van der Waals surface area contributed by atoms with E-state index in [1.54, 1.807) is 6.07 Å². The topological polar surface area (TPSA) is 83.8 Å². The maximum atomic E-state index is 11.6. The summed E-state index contributed by atoms with van der Waals surface area (Å²) in [4.78, 5) is 19.4. The Hall–Kier alpha value is -2.92. The molecule has 0 fully saturated rings. The molecule has 5 nitrogen and oxygen atoms in total. The Kier molecular flexibility index (Phi) is 2.43. The van der Waals surface area contributed by atoms with Gasteiger partial charge in [-0.3, -0.25) is 15.2 Å². The molecule has 0 bridgehead atoms. The van der Waals surface area contributed by atoms with E-state index in [2.05, 4.69) is 21.5 Å². The van der Waals surface area contributed by atoms with Crippen molar-refractivity contribution in [2.24, 2.45) is 5.84 Å². The quantitative estimate of drug-likeness (QED) is 0.284. The number of H-pyrrole nitrogens is 1. The van der Waals surface area contributed by atoms with Gasteiger partial charge in [-0.05, 0) is 12.1 Å². The largest absolute Gasteiger partial charge is 0.353 e. The molecule has 4 rings (SSSR count). The van der Waals surface area contributed by atoms with Gasteiger partial charge in [0.15, 0.2) is 0 Å². The molecule has 1 amide bonds. The summed E-state index contributed by atoms with van der Waals surface area (Å²) in [7, 11) is 0. The number of nitrogens with one attached hydrogen (secondary N) is 2. The first kappa shape index (κ1) is 11.9. The Morgan fingerprint density at radius 2 is 2.00 bits per heavy atom. The second-order valence-corrected chi connectivity index (χ2v) is 4.93. The van der Waals surface area contributed by atoms with Gasteiger partial charge < -0.3 is 4.98 Å². The van der Waals surface area contributed by atoms with Gasteiger partial charge in [0.2, 0.25) is 0 Å². The standard InChI is InChI=1S/C16H12N4O/c17-20-16(21)10-7-9-5-6-12-11-3-1-2-4-13(11)19-15(12)14(9)18-8-10/h1-8,19H,17H2,(H,20,21). The summed E-state index contributed by atoms with van der Waals surface area (Å²) in [6.45, 7) is 0. The van der Waals surface area contributed by atoms with Crippen LogP contribution < -0.4 is 11.3 Å². The summed E-state index contributed by atoms with van der Waals surface area (Å²) in [5, 5.41) is 3.19. The van der Waals surface area contributed by atoms with E-state index in [0.29, 0.717) is 5.56 Å². The smallest absolute Gasteiger partial charge is 0.266 e. The van der Waals surface area contributed by atoms with E-state index >= 15 is 0 Å². The van der Waals surface area contributed by atoms with Crippen LogP contribution in [0.5, 0.6) is 0 Å². The fourth-order valence-corrected chi connectivity index (χ4v) is 2.72. The third kappa shape index (κ3) is 1.68. The average Bonchev–Trinajstić information content (AvgIpc) is 2.92. The maximum absolute atomic E-state index is 11.6. The zero-order valence-electron chi connectivity index (χ0n) is 11.1. The van der Waals surface area contributed by atoms with E-state index < -0.39 is 0 Å². The van der Waals surface area contributed by atoms with Crippen LogP contribution in [0.25, 0.3) is 32.7 Å². The third-order valence-corrected chi connectivity index (χ3v) is 3.72. The molecule has 0 aliphatic heterocycles. The van der Waals surface area contributed by atoms with Crippen LogP contribution in [0.15, 0.2) is 48.7 Å². The number of carbonyl (C=O) groups is 1. The number of hydrogen-bond acceptors (Lipinski definition) is 3. The molecule has 2 aromatic heterocycles. The molecular formula is C16H12N4O. The first-order valence-electron chi connectivity index (χ1n) is 6.58. The fourth-order valence-electron chi connectivity index (χ4n) is 2.72. The van der Waals surface area contributed by atoms with Crippen LogP contribution in [0.1, 0.15) is 10.4 Å². The van der Waals surface area contributed by atoms with Crippen LogP contribution in [0.2, 0.25) is 0 Å². The molecule has 0 aliphatic rings. The highest BCUT2D eigenvalue weighted by atomic mass is 16.2. The predicted molar refractivity (Wildman–Crippen MR) is 82.8 cm³/mol. The monoisotopic (exact) mass is 276 g/mol. The molecule has 0 radical (unpaired) electrons. The Morgan fingerprint density at radius 1 is 1.14 bits per heavy atom. The van der Waals surface area contributed by atoms with Gasteiger partial charge in [-0.1, -0.05) is 30.3 Å². The van der Waals surface area contributed by atoms with Crippen molar-refractivity contribution in [2.45, 2.75) is 0 Å². The Morgan fingerprint density at radius 3 is 2.86 bits per heavy atom. The number of fused-ring (bicyclic) bond motifs is 5. The molecule has 5 heteroatoms. The van der Waals surface area contributed by atoms with E-state index in [4.69, 9.17) is 5.84 Å². The number of nitrogen functional groups attached to an aromatic ring is 1. The van der Waals surface area contributed by atoms with E-state index in [0.717, 1.165) is 27.3 Å². The number of benzene rings is 2. The fraction of sp³-hybridized carbons (Fsp3) is 0. The summed E-state index contributed by atoms with van der Waals surface area (Å²) in [5.41, 5.74) is 5.46. The number of para-hydroxylation sites is 1. The normalized spacial score (nSPS) is 11.3. The van der Waals surface area contributed by atoms with Crippen molar-refractivity contribution in [3.63, 3.8) is 0 Å². The van der Waals surface area contributed by atoms with Crippen LogP contribution in [0, 0.1) is 0 Å². The molecular weight excluding hydrogens is 264 g/mol. The lowest BCUT2D eigenvalue weighted by atomic mass is 10.1. The van der Waals surface area contributed by atoms with Gasteiger partial charge in [-0.15, -0.1) is 0 Å². The van der Waals surface area contributed by atoms with Gasteiger partial charge in [-0.25, -0.2) is 5.84 Å². The minimum Gasteiger partial charge on any atom is -0.353 e. The predicted octanol–water partition coefficient (Wildman–Crippen LogP) is 2.47. The van der Waals surface area contributed by atoms with Crippen LogP contribution in [0.3, 0.4) is 0 Å². The molecule has 0 atom stereocenters. The number of hydrazine groups is 1. The van der Waals surface area contributed by atoms with Crippen molar-refractivity contribution in [1.82, 2.24) is 15.4 Å². The molecule has 4 aromatic rings. The number of carbonyl (C=O) groups excluding carboxylic acids is 1. The summed E-state index contributed by atoms with van der Waals surface area (Å²) in [6.07, 6.45) is 1.54. The lowest BCUT2D eigenvalue weighted by molar-refractivity contribution is 0.0953. The highest BCUT2D eigenvalue weighted by Crippen LogP contribution is 2.30. The van der Waals surface area contributed by atoms with Gasteiger partial charge in [0.25, 0.3) is 5.91 Å². The number of aromatic amines is 1. The number of nitrogens with zero attached hydrogens (tertiary/aromatic N) is 1.